The Morgan fingerprint density at radius 3 is 2.53 bits per heavy atom. The maximum atomic E-state index is 11.4. The lowest BCUT2D eigenvalue weighted by molar-refractivity contribution is -0.127. The summed E-state index contributed by atoms with van der Waals surface area (Å²) < 4.78 is 0. The number of unbranched alkanes of at least 4 members (excludes halogenated alkanes) is 4. The van der Waals surface area contributed by atoms with Gasteiger partial charge in [0.2, 0.25) is 5.91 Å². The first-order valence-corrected chi connectivity index (χ1v) is 6.41. The molecule has 1 heterocycles. The zero-order valence-corrected chi connectivity index (χ0v) is 10.2. The molecule has 4 heteroatoms. The number of carbonyl (C=O) groups is 1. The third kappa shape index (κ3) is 4.89. The van der Waals surface area contributed by atoms with E-state index in [1.54, 1.807) is 0 Å². The van der Waals surface area contributed by atoms with Crippen molar-refractivity contribution in [2.45, 2.75) is 43.8 Å². The summed E-state index contributed by atoms with van der Waals surface area (Å²) in [4.78, 5) is 13.4. The predicted octanol–water partition coefficient (Wildman–Crippen LogP) is 1.43. The van der Waals surface area contributed by atoms with Crippen LogP contribution in [-0.2, 0) is 4.79 Å². The van der Waals surface area contributed by atoms with Crippen LogP contribution in [0.15, 0.2) is 0 Å². The van der Waals surface area contributed by atoms with Crippen molar-refractivity contribution in [2.75, 3.05) is 19.6 Å². The molecule has 1 fully saturated rings. The molecule has 1 aliphatic heterocycles. The molecule has 1 aliphatic rings. The van der Waals surface area contributed by atoms with Gasteiger partial charge in [-0.2, -0.15) is 12.6 Å². The largest absolute Gasteiger partial charge is 0.342 e. The molecule has 1 saturated heterocycles. The molecule has 0 aromatic carbocycles. The van der Waals surface area contributed by atoms with Crippen LogP contribution in [0, 0.1) is 0 Å². The molecule has 0 aromatic heterocycles. The molecular formula is C11H22N2OS. The van der Waals surface area contributed by atoms with Gasteiger partial charge in [0.1, 0.15) is 0 Å². The maximum absolute atomic E-state index is 11.4. The number of amides is 1. The highest BCUT2D eigenvalue weighted by molar-refractivity contribution is 7.81. The fourth-order valence-corrected chi connectivity index (χ4v) is 2.30. The summed E-state index contributed by atoms with van der Waals surface area (Å²) in [5.41, 5.74) is 5.41. The lowest BCUT2D eigenvalue weighted by Gasteiger charge is -2.15. The van der Waals surface area contributed by atoms with Gasteiger partial charge in [0.25, 0.3) is 0 Å². The van der Waals surface area contributed by atoms with Crippen LogP contribution in [0.2, 0.25) is 0 Å². The monoisotopic (exact) mass is 230 g/mol. The van der Waals surface area contributed by atoms with Gasteiger partial charge in [-0.1, -0.05) is 19.3 Å². The van der Waals surface area contributed by atoms with Crippen molar-refractivity contribution in [3.8, 4) is 0 Å². The molecule has 1 amide bonds. The molecule has 2 N–H and O–H groups in total. The van der Waals surface area contributed by atoms with Crippen molar-refractivity contribution in [1.82, 2.24) is 4.90 Å². The summed E-state index contributed by atoms with van der Waals surface area (Å²) >= 11 is 4.33. The summed E-state index contributed by atoms with van der Waals surface area (Å²) in [6.07, 6.45) is 6.54. The van der Waals surface area contributed by atoms with Crippen molar-refractivity contribution in [3.05, 3.63) is 0 Å². The number of rotatable bonds is 7. The van der Waals surface area contributed by atoms with E-state index in [1.165, 1.54) is 19.3 Å². The SMILES string of the molecule is NCCCCCCCN1CC(S)CC1=O. The molecule has 1 atom stereocenters. The number of hydrogen-bond donors (Lipinski definition) is 2. The smallest absolute Gasteiger partial charge is 0.223 e. The molecule has 0 aliphatic carbocycles. The van der Waals surface area contributed by atoms with Gasteiger partial charge >= 0.3 is 0 Å². The molecule has 88 valence electrons. The Labute approximate surface area is 97.8 Å². The van der Waals surface area contributed by atoms with Gasteiger partial charge in [-0.05, 0) is 19.4 Å². The average Bonchev–Trinajstić information content (AvgIpc) is 2.51. The van der Waals surface area contributed by atoms with Crippen molar-refractivity contribution in [2.24, 2.45) is 5.73 Å². The Hall–Kier alpha value is -0.220. The molecule has 1 rings (SSSR count). The third-order valence-electron chi connectivity index (χ3n) is 2.83. The van der Waals surface area contributed by atoms with Crippen LogP contribution in [0.5, 0.6) is 0 Å². The third-order valence-corrected chi connectivity index (χ3v) is 3.17. The van der Waals surface area contributed by atoms with Crippen LogP contribution in [0.3, 0.4) is 0 Å². The maximum Gasteiger partial charge on any atom is 0.223 e. The lowest BCUT2D eigenvalue weighted by atomic mass is 10.1. The van der Waals surface area contributed by atoms with Gasteiger partial charge in [0.05, 0.1) is 0 Å². The topological polar surface area (TPSA) is 46.3 Å². The molecule has 0 aromatic rings. The summed E-state index contributed by atoms with van der Waals surface area (Å²) in [7, 11) is 0. The number of thiol groups is 1. The van der Waals surface area contributed by atoms with E-state index in [9.17, 15) is 4.79 Å². The first-order valence-electron chi connectivity index (χ1n) is 5.90. The number of likely N-dealkylation sites (tertiary alicyclic amines) is 1. The van der Waals surface area contributed by atoms with Gasteiger partial charge in [0.15, 0.2) is 0 Å². The number of nitrogens with zero attached hydrogens (tertiary/aromatic N) is 1. The van der Waals surface area contributed by atoms with E-state index in [-0.39, 0.29) is 11.2 Å². The Kier molecular flexibility index (Phi) is 6.10. The Balaban J connectivity index is 1.98. The average molecular weight is 230 g/mol. The molecule has 0 radical (unpaired) electrons. The van der Waals surface area contributed by atoms with Crippen molar-refractivity contribution in [1.29, 1.82) is 0 Å². The Bertz CT molecular complexity index is 199. The molecule has 0 bridgehead atoms. The van der Waals surface area contributed by atoms with E-state index in [2.05, 4.69) is 12.6 Å². The molecule has 0 saturated carbocycles. The van der Waals surface area contributed by atoms with Crippen LogP contribution < -0.4 is 5.73 Å². The van der Waals surface area contributed by atoms with Gasteiger partial charge < -0.3 is 10.6 Å². The fraction of sp³-hybridized carbons (Fsp3) is 0.909. The van der Waals surface area contributed by atoms with Crippen molar-refractivity contribution in [3.63, 3.8) is 0 Å². The van der Waals surface area contributed by atoms with Gasteiger partial charge in [-0.25, -0.2) is 0 Å². The van der Waals surface area contributed by atoms with Crippen LogP contribution in [0.4, 0.5) is 0 Å². The van der Waals surface area contributed by atoms with Crippen molar-refractivity contribution >= 4 is 18.5 Å². The van der Waals surface area contributed by atoms with Gasteiger partial charge in [-0.3, -0.25) is 4.79 Å². The summed E-state index contributed by atoms with van der Waals surface area (Å²) in [6, 6.07) is 0. The van der Waals surface area contributed by atoms with E-state index < -0.39 is 0 Å². The second kappa shape index (κ2) is 7.12. The lowest BCUT2D eigenvalue weighted by Crippen LogP contribution is -2.26. The number of carbonyl (C=O) groups excluding carboxylic acids is 1. The highest BCUT2D eigenvalue weighted by Gasteiger charge is 2.26. The van der Waals surface area contributed by atoms with Crippen LogP contribution in [-0.4, -0.2) is 35.7 Å². The quantitative estimate of drug-likeness (QED) is 0.513. The van der Waals surface area contributed by atoms with Gasteiger partial charge in [0, 0.05) is 24.8 Å². The summed E-state index contributed by atoms with van der Waals surface area (Å²) in [5.74, 6) is 0.275. The van der Waals surface area contributed by atoms with E-state index in [0.29, 0.717) is 6.42 Å². The molecule has 0 spiro atoms. The first kappa shape index (κ1) is 12.8. The van der Waals surface area contributed by atoms with Crippen LogP contribution in [0.1, 0.15) is 38.5 Å². The minimum Gasteiger partial charge on any atom is -0.342 e. The zero-order valence-electron chi connectivity index (χ0n) is 9.32. The van der Waals surface area contributed by atoms with E-state index in [0.717, 1.165) is 32.5 Å². The molecular weight excluding hydrogens is 208 g/mol. The van der Waals surface area contributed by atoms with E-state index in [1.807, 2.05) is 4.90 Å². The van der Waals surface area contributed by atoms with E-state index >= 15 is 0 Å². The summed E-state index contributed by atoms with van der Waals surface area (Å²) in [6.45, 7) is 2.55. The summed E-state index contributed by atoms with van der Waals surface area (Å²) in [5, 5.41) is 0.259. The number of nitrogens with two attached hydrogens (primary N) is 1. The predicted molar refractivity (Wildman–Crippen MR) is 66.1 cm³/mol. The first-order chi connectivity index (χ1) is 7.24. The minimum atomic E-state index is 0.259. The second-order valence-corrected chi connectivity index (χ2v) is 4.98. The Morgan fingerprint density at radius 2 is 1.93 bits per heavy atom. The highest BCUT2D eigenvalue weighted by Crippen LogP contribution is 2.16. The van der Waals surface area contributed by atoms with Crippen LogP contribution >= 0.6 is 12.6 Å². The Morgan fingerprint density at radius 1 is 1.27 bits per heavy atom. The van der Waals surface area contributed by atoms with Crippen molar-refractivity contribution < 1.29 is 4.79 Å². The minimum absolute atomic E-state index is 0.259. The standard InChI is InChI=1S/C11H22N2OS/c12-6-4-2-1-3-5-7-13-9-10(15)8-11(13)14/h10,15H,1-9,12H2. The van der Waals surface area contributed by atoms with Gasteiger partial charge in [-0.15, -0.1) is 0 Å². The van der Waals surface area contributed by atoms with Crippen LogP contribution in [0.25, 0.3) is 0 Å². The molecule has 1 unspecified atom stereocenters. The normalized spacial score (nSPS) is 21.3. The highest BCUT2D eigenvalue weighted by atomic mass is 32.1. The zero-order chi connectivity index (χ0) is 11.1. The molecule has 3 nitrogen and oxygen atoms in total. The number of hydrogen-bond acceptors (Lipinski definition) is 3. The fourth-order valence-electron chi connectivity index (χ4n) is 1.94. The second-order valence-electron chi connectivity index (χ2n) is 4.25. The van der Waals surface area contributed by atoms with E-state index in [4.69, 9.17) is 5.73 Å². The molecule has 15 heavy (non-hydrogen) atoms.